The predicted molar refractivity (Wildman–Crippen MR) is 108 cm³/mol. The van der Waals surface area contributed by atoms with Crippen LogP contribution >= 0.6 is 59.6 Å². The van der Waals surface area contributed by atoms with Gasteiger partial charge in [0, 0.05) is 21.8 Å². The molecule has 0 amide bonds. The molecular weight excluding hydrogens is 445 g/mol. The van der Waals surface area contributed by atoms with Crippen LogP contribution in [0.1, 0.15) is 17.4 Å². The maximum absolute atomic E-state index is 12.0. The zero-order valence-corrected chi connectivity index (χ0v) is 17.4. The summed E-state index contributed by atoms with van der Waals surface area (Å²) in [7, 11) is 1.19. The van der Waals surface area contributed by atoms with E-state index in [-0.39, 0.29) is 31.4 Å². The van der Waals surface area contributed by atoms with Crippen LogP contribution in [0.2, 0.25) is 10.0 Å². The number of benzene rings is 1. The Morgan fingerprint density at radius 2 is 1.81 bits per heavy atom. The van der Waals surface area contributed by atoms with Crippen LogP contribution in [0, 0.1) is 0 Å². The lowest BCUT2D eigenvalue weighted by Gasteiger charge is -2.29. The fraction of sp³-hybridized carbons (Fsp3) is 0.250. The highest BCUT2D eigenvalue weighted by Crippen LogP contribution is 2.34. The topological polar surface area (TPSA) is 74.4 Å². The lowest BCUT2D eigenvalue weighted by Crippen LogP contribution is -2.49. The van der Waals surface area contributed by atoms with Gasteiger partial charge in [-0.25, -0.2) is 4.79 Å². The second-order valence-electron chi connectivity index (χ2n) is 4.91. The summed E-state index contributed by atoms with van der Waals surface area (Å²) in [5, 5.41) is 0.857. The van der Waals surface area contributed by atoms with Crippen LogP contribution in [0.4, 0.5) is 0 Å². The van der Waals surface area contributed by atoms with E-state index in [1.807, 2.05) is 0 Å². The molecule has 2 aromatic rings. The second kappa shape index (κ2) is 11.1. The Morgan fingerprint density at radius 3 is 2.31 bits per heavy atom. The molecule has 2 rings (SSSR count). The van der Waals surface area contributed by atoms with Gasteiger partial charge in [-0.05, 0) is 24.3 Å². The van der Waals surface area contributed by atoms with Crippen LogP contribution in [0.25, 0.3) is 0 Å². The first-order valence-corrected chi connectivity index (χ1v) is 8.03. The number of nitrogens with zero attached hydrogens (tertiary/aromatic N) is 1. The van der Waals surface area contributed by atoms with Crippen molar-refractivity contribution in [1.29, 1.82) is 0 Å². The van der Waals surface area contributed by atoms with E-state index in [1.54, 1.807) is 42.6 Å². The number of methoxy groups -OCH3 is 1. The third-order valence-corrected chi connectivity index (χ3v) is 4.35. The number of carbonyl (C=O) groups is 1. The Hall–Kier alpha value is -0.790. The van der Waals surface area contributed by atoms with E-state index < -0.39 is 17.1 Å². The minimum atomic E-state index is -1.96. The van der Waals surface area contributed by atoms with Crippen LogP contribution in [-0.4, -0.2) is 23.1 Å². The molecule has 0 bridgehead atoms. The average Bonchev–Trinajstić information content (AvgIpc) is 2.57. The number of ether oxygens (including phenoxy) is 2. The molecule has 144 valence electrons. The van der Waals surface area contributed by atoms with Crippen molar-refractivity contribution in [2.45, 2.75) is 17.7 Å². The SMILES string of the molecule is COC(=O)C(N)(Cl)C(OCc1c(Cl)cccc1Cl)c1ccccn1.Cl.Cl. The molecule has 10 heteroatoms. The molecule has 0 saturated heterocycles. The fourth-order valence-corrected chi connectivity index (χ4v) is 2.81. The Morgan fingerprint density at radius 1 is 1.19 bits per heavy atom. The highest BCUT2D eigenvalue weighted by atomic mass is 35.5. The first kappa shape index (κ1) is 25.2. The smallest absolute Gasteiger partial charge is 0.344 e. The standard InChI is InChI=1S/C16H15Cl3N2O3.2ClH/c1-23-15(22)16(19,20)14(13-7-2-3-8-21-13)24-9-10-11(17)5-4-6-12(10)18;;/h2-8,14H,9,20H2,1H3;2*1H. The summed E-state index contributed by atoms with van der Waals surface area (Å²) in [5.74, 6) is -0.843. The van der Waals surface area contributed by atoms with Crippen molar-refractivity contribution in [2.75, 3.05) is 7.11 Å². The predicted octanol–water partition coefficient (Wildman–Crippen LogP) is 4.56. The maximum Gasteiger partial charge on any atom is 0.344 e. The van der Waals surface area contributed by atoms with Crippen molar-refractivity contribution < 1.29 is 14.3 Å². The number of hydrogen-bond acceptors (Lipinski definition) is 5. The maximum atomic E-state index is 12.0. The summed E-state index contributed by atoms with van der Waals surface area (Å²) in [6, 6.07) is 10.2. The molecule has 2 N–H and O–H groups in total. The van der Waals surface area contributed by atoms with Gasteiger partial charge < -0.3 is 15.2 Å². The number of hydrogen-bond donors (Lipinski definition) is 1. The number of alkyl halides is 1. The van der Waals surface area contributed by atoms with Gasteiger partial charge in [-0.2, -0.15) is 0 Å². The molecule has 0 aliphatic rings. The molecular formula is C16H17Cl5N2O3. The monoisotopic (exact) mass is 460 g/mol. The second-order valence-corrected chi connectivity index (χ2v) is 6.35. The van der Waals surface area contributed by atoms with E-state index in [4.69, 9.17) is 45.3 Å². The number of aromatic nitrogens is 1. The Balaban J connectivity index is 0.00000312. The van der Waals surface area contributed by atoms with Gasteiger partial charge in [0.1, 0.15) is 6.10 Å². The molecule has 0 saturated carbocycles. The highest BCUT2D eigenvalue weighted by Gasteiger charge is 2.44. The van der Waals surface area contributed by atoms with E-state index in [0.29, 0.717) is 21.3 Å². The van der Waals surface area contributed by atoms with Crippen LogP contribution in [0.15, 0.2) is 42.6 Å². The van der Waals surface area contributed by atoms with Crippen molar-refractivity contribution in [3.63, 3.8) is 0 Å². The molecule has 26 heavy (non-hydrogen) atoms. The third kappa shape index (κ3) is 5.86. The molecule has 2 unspecified atom stereocenters. The zero-order chi connectivity index (χ0) is 17.7. The molecule has 0 aliphatic carbocycles. The van der Waals surface area contributed by atoms with Gasteiger partial charge in [0.2, 0.25) is 5.00 Å². The van der Waals surface area contributed by atoms with Gasteiger partial charge >= 0.3 is 5.97 Å². The van der Waals surface area contributed by atoms with Crippen molar-refractivity contribution in [1.82, 2.24) is 4.98 Å². The summed E-state index contributed by atoms with van der Waals surface area (Å²) < 4.78 is 10.4. The van der Waals surface area contributed by atoms with E-state index in [0.717, 1.165) is 0 Å². The number of nitrogens with two attached hydrogens (primary N) is 1. The van der Waals surface area contributed by atoms with Crippen molar-refractivity contribution >= 4 is 65.6 Å². The summed E-state index contributed by atoms with van der Waals surface area (Å²) in [6.45, 7) is -0.0115. The number of halogens is 5. The van der Waals surface area contributed by atoms with Gasteiger partial charge in [-0.15, -0.1) is 24.8 Å². The number of rotatable bonds is 6. The van der Waals surface area contributed by atoms with Crippen LogP contribution in [0.3, 0.4) is 0 Å². The van der Waals surface area contributed by atoms with Crippen molar-refractivity contribution in [3.8, 4) is 0 Å². The molecule has 2 atom stereocenters. The van der Waals surface area contributed by atoms with Gasteiger partial charge in [-0.3, -0.25) is 4.98 Å². The fourth-order valence-electron chi connectivity index (χ4n) is 2.05. The van der Waals surface area contributed by atoms with Crippen molar-refractivity contribution in [2.24, 2.45) is 5.73 Å². The van der Waals surface area contributed by atoms with E-state index in [1.165, 1.54) is 7.11 Å². The first-order valence-electron chi connectivity index (χ1n) is 6.89. The molecule has 0 spiro atoms. The molecule has 0 aliphatic heterocycles. The van der Waals surface area contributed by atoms with Gasteiger partial charge in [0.05, 0.1) is 19.4 Å². The number of carbonyl (C=O) groups excluding carboxylic acids is 1. The quantitative estimate of drug-likeness (QED) is 0.387. The van der Waals surface area contributed by atoms with E-state index in [2.05, 4.69) is 9.72 Å². The molecule has 5 nitrogen and oxygen atoms in total. The number of esters is 1. The lowest BCUT2D eigenvalue weighted by molar-refractivity contribution is -0.149. The molecule has 1 aromatic heterocycles. The normalized spacial score (nSPS) is 13.6. The Bertz CT molecular complexity index is 696. The summed E-state index contributed by atoms with van der Waals surface area (Å²) in [5.41, 5.74) is 6.88. The van der Waals surface area contributed by atoms with Crippen molar-refractivity contribution in [3.05, 3.63) is 63.9 Å². The summed E-state index contributed by atoms with van der Waals surface area (Å²) in [6.07, 6.45) is 0.471. The van der Waals surface area contributed by atoms with Crippen LogP contribution in [0.5, 0.6) is 0 Å². The first-order chi connectivity index (χ1) is 11.4. The number of pyridine rings is 1. The Kier molecular flexibility index (Phi) is 10.8. The minimum Gasteiger partial charge on any atom is -0.467 e. The van der Waals surface area contributed by atoms with Gasteiger partial charge in [0.25, 0.3) is 0 Å². The molecule has 1 heterocycles. The largest absolute Gasteiger partial charge is 0.467 e. The third-order valence-electron chi connectivity index (χ3n) is 3.29. The zero-order valence-electron chi connectivity index (χ0n) is 13.5. The molecule has 0 radical (unpaired) electrons. The van der Waals surface area contributed by atoms with E-state index >= 15 is 0 Å². The van der Waals surface area contributed by atoms with E-state index in [9.17, 15) is 4.79 Å². The highest BCUT2D eigenvalue weighted by molar-refractivity contribution is 6.36. The molecule has 1 aromatic carbocycles. The summed E-state index contributed by atoms with van der Waals surface area (Å²) in [4.78, 5) is 14.1. The summed E-state index contributed by atoms with van der Waals surface area (Å²) >= 11 is 18.5. The van der Waals surface area contributed by atoms with Crippen LogP contribution < -0.4 is 5.73 Å². The Labute approximate surface area is 178 Å². The lowest BCUT2D eigenvalue weighted by atomic mass is 10.1. The average molecular weight is 463 g/mol. The minimum absolute atomic E-state index is 0. The van der Waals surface area contributed by atoms with Gasteiger partial charge in [-0.1, -0.05) is 46.9 Å². The van der Waals surface area contributed by atoms with Gasteiger partial charge in [0.15, 0.2) is 0 Å². The van der Waals surface area contributed by atoms with Crippen LogP contribution in [-0.2, 0) is 20.9 Å². The molecule has 0 fully saturated rings.